The number of aryl methyl sites for hydroxylation is 1. The van der Waals surface area contributed by atoms with Gasteiger partial charge in [0.1, 0.15) is 0 Å². The average Bonchev–Trinajstić information content (AvgIpc) is 2.61. The van der Waals surface area contributed by atoms with E-state index >= 15 is 0 Å². The van der Waals surface area contributed by atoms with Crippen molar-refractivity contribution in [3.05, 3.63) is 60.2 Å². The van der Waals surface area contributed by atoms with Crippen molar-refractivity contribution in [2.24, 2.45) is 0 Å². The predicted molar refractivity (Wildman–Crippen MR) is 101 cm³/mol. The Hall–Kier alpha value is -2.27. The van der Waals surface area contributed by atoms with Crippen molar-refractivity contribution in [1.29, 1.82) is 0 Å². The van der Waals surface area contributed by atoms with E-state index in [0.29, 0.717) is 0 Å². The second-order valence-corrected chi connectivity index (χ2v) is 6.74. The number of rotatable bonds is 7. The van der Waals surface area contributed by atoms with Gasteiger partial charge in [0.25, 0.3) is 0 Å². The number of carbonyl (C=O) groups is 2. The van der Waals surface area contributed by atoms with Gasteiger partial charge in [0.05, 0.1) is 11.0 Å². The Morgan fingerprint density at radius 3 is 2.21 bits per heavy atom. The Kier molecular flexibility index (Phi) is 6.88. The Balaban J connectivity index is 1.76. The summed E-state index contributed by atoms with van der Waals surface area (Å²) in [7, 11) is 0. The van der Waals surface area contributed by atoms with E-state index in [9.17, 15) is 9.59 Å². The van der Waals surface area contributed by atoms with Crippen LogP contribution in [0.5, 0.6) is 0 Å². The molecule has 0 radical (unpaired) electrons. The van der Waals surface area contributed by atoms with Crippen molar-refractivity contribution in [2.45, 2.75) is 25.5 Å². The number of benzene rings is 2. The monoisotopic (exact) mass is 342 g/mol. The van der Waals surface area contributed by atoms with Gasteiger partial charge in [-0.25, -0.2) is 0 Å². The van der Waals surface area contributed by atoms with Crippen molar-refractivity contribution >= 4 is 35.0 Å². The summed E-state index contributed by atoms with van der Waals surface area (Å²) in [6.45, 7) is 3.89. The van der Waals surface area contributed by atoms with Gasteiger partial charge in [-0.1, -0.05) is 37.3 Å². The summed E-state index contributed by atoms with van der Waals surface area (Å²) in [5, 5.41) is 5.38. The third kappa shape index (κ3) is 5.74. The number of carbonyl (C=O) groups excluding carboxylic acids is 2. The molecule has 0 aromatic heterocycles. The lowest BCUT2D eigenvalue weighted by molar-refractivity contribution is -0.115. The van der Waals surface area contributed by atoms with Gasteiger partial charge in [0.2, 0.25) is 11.8 Å². The zero-order chi connectivity index (χ0) is 17.4. The summed E-state index contributed by atoms with van der Waals surface area (Å²) in [5.41, 5.74) is 2.77. The third-order valence-electron chi connectivity index (χ3n) is 3.52. The number of hydrogen-bond donors (Lipinski definition) is 2. The van der Waals surface area contributed by atoms with Crippen molar-refractivity contribution in [3.8, 4) is 0 Å². The molecule has 24 heavy (non-hydrogen) atoms. The molecule has 0 aliphatic heterocycles. The Labute approximate surface area is 147 Å². The minimum atomic E-state index is -0.307. The summed E-state index contributed by atoms with van der Waals surface area (Å²) in [6.07, 6.45) is 0.970. The van der Waals surface area contributed by atoms with Gasteiger partial charge in [-0.15, -0.1) is 11.8 Å². The van der Waals surface area contributed by atoms with Crippen LogP contribution in [-0.4, -0.2) is 22.8 Å². The molecule has 2 N–H and O–H groups in total. The molecule has 2 aromatic rings. The molecule has 5 heteroatoms. The van der Waals surface area contributed by atoms with Crippen LogP contribution in [0.3, 0.4) is 0 Å². The summed E-state index contributed by atoms with van der Waals surface area (Å²) in [5.74, 6) is 0.0220. The second kappa shape index (κ2) is 9.13. The van der Waals surface area contributed by atoms with E-state index in [1.807, 2.05) is 54.6 Å². The Bertz CT molecular complexity index is 672. The smallest absolute Gasteiger partial charge is 0.237 e. The first kappa shape index (κ1) is 18.1. The van der Waals surface area contributed by atoms with Crippen LogP contribution in [0.15, 0.2) is 54.6 Å². The van der Waals surface area contributed by atoms with Gasteiger partial charge in [-0.2, -0.15) is 0 Å². The molecule has 2 rings (SSSR count). The summed E-state index contributed by atoms with van der Waals surface area (Å²) < 4.78 is 0. The first-order valence-corrected chi connectivity index (χ1v) is 8.99. The summed E-state index contributed by atoms with van der Waals surface area (Å²) >= 11 is 1.31. The van der Waals surface area contributed by atoms with Crippen LogP contribution in [0.2, 0.25) is 0 Å². The van der Waals surface area contributed by atoms with Crippen molar-refractivity contribution in [2.75, 3.05) is 16.4 Å². The highest BCUT2D eigenvalue weighted by Crippen LogP contribution is 2.15. The van der Waals surface area contributed by atoms with E-state index in [-0.39, 0.29) is 22.8 Å². The molecule has 4 nitrogen and oxygen atoms in total. The van der Waals surface area contributed by atoms with E-state index in [1.165, 1.54) is 17.3 Å². The SMILES string of the molecule is CCc1ccc(NC(=O)CS[C@@H](C)C(=O)Nc2ccccc2)cc1. The fraction of sp³-hybridized carbons (Fsp3) is 0.263. The lowest BCUT2D eigenvalue weighted by atomic mass is 10.1. The highest BCUT2D eigenvalue weighted by Gasteiger charge is 2.15. The first-order chi connectivity index (χ1) is 11.6. The lowest BCUT2D eigenvalue weighted by Gasteiger charge is -2.12. The largest absolute Gasteiger partial charge is 0.325 e. The number of thioether (sulfide) groups is 1. The fourth-order valence-electron chi connectivity index (χ4n) is 2.06. The third-order valence-corrected chi connectivity index (χ3v) is 4.66. The Morgan fingerprint density at radius 1 is 0.958 bits per heavy atom. The summed E-state index contributed by atoms with van der Waals surface area (Å²) in [4.78, 5) is 24.1. The van der Waals surface area contributed by atoms with Gasteiger partial charge in [-0.05, 0) is 43.2 Å². The minimum absolute atomic E-state index is 0.105. The first-order valence-electron chi connectivity index (χ1n) is 7.94. The molecule has 1 atom stereocenters. The zero-order valence-electron chi connectivity index (χ0n) is 13.9. The highest BCUT2D eigenvalue weighted by atomic mass is 32.2. The minimum Gasteiger partial charge on any atom is -0.325 e. The summed E-state index contributed by atoms with van der Waals surface area (Å²) in [6, 6.07) is 17.1. The predicted octanol–water partition coefficient (Wildman–Crippen LogP) is 3.95. The molecule has 0 unspecified atom stereocenters. The average molecular weight is 342 g/mol. The second-order valence-electron chi connectivity index (χ2n) is 5.41. The maximum atomic E-state index is 12.1. The number of hydrogen-bond acceptors (Lipinski definition) is 3. The molecular formula is C19H22N2O2S. The molecule has 0 heterocycles. The molecule has 2 aromatic carbocycles. The molecular weight excluding hydrogens is 320 g/mol. The molecule has 0 spiro atoms. The van der Waals surface area contributed by atoms with Crippen molar-refractivity contribution in [3.63, 3.8) is 0 Å². The molecule has 0 aliphatic rings. The topological polar surface area (TPSA) is 58.2 Å². The van der Waals surface area contributed by atoms with Crippen LogP contribution in [0.4, 0.5) is 11.4 Å². The lowest BCUT2D eigenvalue weighted by Crippen LogP contribution is -2.25. The zero-order valence-corrected chi connectivity index (χ0v) is 14.7. The van der Waals surface area contributed by atoms with Crippen molar-refractivity contribution < 1.29 is 9.59 Å². The van der Waals surface area contributed by atoms with E-state index < -0.39 is 0 Å². The molecule has 0 saturated carbocycles. The van der Waals surface area contributed by atoms with Crippen LogP contribution in [0, 0.1) is 0 Å². The van der Waals surface area contributed by atoms with Crippen molar-refractivity contribution in [1.82, 2.24) is 0 Å². The molecule has 0 aliphatic carbocycles. The van der Waals surface area contributed by atoms with E-state index in [1.54, 1.807) is 6.92 Å². The van der Waals surface area contributed by atoms with Gasteiger partial charge in [0, 0.05) is 11.4 Å². The number of nitrogens with one attached hydrogen (secondary N) is 2. The molecule has 0 bridgehead atoms. The highest BCUT2D eigenvalue weighted by molar-refractivity contribution is 8.01. The maximum Gasteiger partial charge on any atom is 0.237 e. The van der Waals surface area contributed by atoms with Gasteiger partial charge in [-0.3, -0.25) is 9.59 Å². The van der Waals surface area contributed by atoms with Crippen LogP contribution >= 0.6 is 11.8 Å². The number of amides is 2. The van der Waals surface area contributed by atoms with E-state index in [0.717, 1.165) is 17.8 Å². The van der Waals surface area contributed by atoms with E-state index in [4.69, 9.17) is 0 Å². The standard InChI is InChI=1S/C19H22N2O2S/c1-3-15-9-11-17(12-10-15)20-18(22)13-24-14(2)19(23)21-16-7-5-4-6-8-16/h4-12,14H,3,13H2,1-2H3,(H,20,22)(H,21,23)/t14-/m0/s1. The van der Waals surface area contributed by atoms with E-state index in [2.05, 4.69) is 17.6 Å². The quantitative estimate of drug-likeness (QED) is 0.801. The molecule has 0 fully saturated rings. The maximum absolute atomic E-state index is 12.1. The molecule has 126 valence electrons. The van der Waals surface area contributed by atoms with Crippen LogP contribution in [0.25, 0.3) is 0 Å². The number of para-hydroxylation sites is 1. The van der Waals surface area contributed by atoms with Gasteiger partial charge in [0.15, 0.2) is 0 Å². The van der Waals surface area contributed by atoms with Crippen LogP contribution in [0.1, 0.15) is 19.4 Å². The molecule has 2 amide bonds. The Morgan fingerprint density at radius 2 is 1.58 bits per heavy atom. The van der Waals surface area contributed by atoms with Crippen LogP contribution in [-0.2, 0) is 16.0 Å². The van der Waals surface area contributed by atoms with Crippen LogP contribution < -0.4 is 10.6 Å². The number of anilines is 2. The fourth-order valence-corrected chi connectivity index (χ4v) is 2.75. The normalized spacial score (nSPS) is 11.6. The van der Waals surface area contributed by atoms with Gasteiger partial charge >= 0.3 is 0 Å². The molecule has 0 saturated heterocycles. The van der Waals surface area contributed by atoms with Gasteiger partial charge < -0.3 is 10.6 Å².